The molecule has 0 saturated heterocycles. The van der Waals surface area contributed by atoms with E-state index in [0.717, 1.165) is 29.7 Å². The summed E-state index contributed by atoms with van der Waals surface area (Å²) in [5.41, 5.74) is 1.58. The first kappa shape index (κ1) is 21.6. The molecule has 0 bridgehead atoms. The maximum Gasteiger partial charge on any atom is 0.341 e. The zero-order valence-corrected chi connectivity index (χ0v) is 17.9. The van der Waals surface area contributed by atoms with Crippen molar-refractivity contribution in [3.8, 4) is 11.5 Å². The van der Waals surface area contributed by atoms with Gasteiger partial charge in [-0.15, -0.1) is 11.3 Å². The van der Waals surface area contributed by atoms with Gasteiger partial charge in [0.05, 0.1) is 32.0 Å². The second-order valence-corrected chi connectivity index (χ2v) is 7.58. The molecule has 2 aromatic rings. The molecule has 1 aromatic heterocycles. The highest BCUT2D eigenvalue weighted by atomic mass is 32.1. The lowest BCUT2D eigenvalue weighted by atomic mass is 10.1. The molecule has 160 valence electrons. The molecule has 0 atom stereocenters. The van der Waals surface area contributed by atoms with Gasteiger partial charge in [-0.25, -0.2) is 9.59 Å². The van der Waals surface area contributed by atoms with Gasteiger partial charge in [0, 0.05) is 4.88 Å². The molecule has 1 aliphatic carbocycles. The number of carbonyl (C=O) groups is 3. The summed E-state index contributed by atoms with van der Waals surface area (Å²) in [7, 11) is 2.95. The first-order valence-corrected chi connectivity index (χ1v) is 10.3. The van der Waals surface area contributed by atoms with E-state index in [1.807, 2.05) is 0 Å². The smallest absolute Gasteiger partial charge is 0.341 e. The molecule has 8 nitrogen and oxygen atoms in total. The predicted molar refractivity (Wildman–Crippen MR) is 111 cm³/mol. The fraction of sp³-hybridized carbons (Fsp3) is 0.381. The number of methoxy groups -OCH3 is 2. The van der Waals surface area contributed by atoms with Gasteiger partial charge in [0.1, 0.15) is 5.00 Å². The third-order valence-corrected chi connectivity index (χ3v) is 5.81. The molecule has 0 fully saturated rings. The summed E-state index contributed by atoms with van der Waals surface area (Å²) in [5.74, 6) is -0.804. The summed E-state index contributed by atoms with van der Waals surface area (Å²) in [6.45, 7) is 1.49. The number of fused-ring (bicyclic) bond motifs is 1. The van der Waals surface area contributed by atoms with Gasteiger partial charge in [0.15, 0.2) is 18.1 Å². The molecule has 0 spiro atoms. The number of amides is 1. The van der Waals surface area contributed by atoms with E-state index in [4.69, 9.17) is 18.9 Å². The fourth-order valence-corrected chi connectivity index (χ4v) is 4.55. The first-order chi connectivity index (χ1) is 14.5. The largest absolute Gasteiger partial charge is 0.493 e. The van der Waals surface area contributed by atoms with E-state index in [1.54, 1.807) is 13.0 Å². The minimum Gasteiger partial charge on any atom is -0.493 e. The van der Waals surface area contributed by atoms with Crippen LogP contribution >= 0.6 is 11.3 Å². The summed E-state index contributed by atoms with van der Waals surface area (Å²) >= 11 is 1.37. The normalized spacial score (nSPS) is 12.1. The topological polar surface area (TPSA) is 100 Å². The van der Waals surface area contributed by atoms with Crippen molar-refractivity contribution in [2.24, 2.45) is 0 Å². The summed E-state index contributed by atoms with van der Waals surface area (Å²) in [6, 6.07) is 4.57. The lowest BCUT2D eigenvalue weighted by molar-refractivity contribution is -0.119. The summed E-state index contributed by atoms with van der Waals surface area (Å²) in [6.07, 6.45) is 2.63. The Balaban J connectivity index is 1.65. The van der Waals surface area contributed by atoms with Crippen LogP contribution in [0.2, 0.25) is 0 Å². The van der Waals surface area contributed by atoms with Crippen LogP contribution in [0.5, 0.6) is 11.5 Å². The quantitative estimate of drug-likeness (QED) is 0.638. The Labute approximate surface area is 178 Å². The average molecular weight is 433 g/mol. The molecule has 0 saturated carbocycles. The number of ether oxygens (including phenoxy) is 4. The van der Waals surface area contributed by atoms with Crippen LogP contribution in [0, 0.1) is 0 Å². The number of rotatable bonds is 8. The standard InChI is InChI=1S/C21H23NO7S/c1-4-28-21(25)18-13-6-5-7-16(13)30-19(18)22-17(23)11-29-20(24)12-8-9-14(26-2)15(10-12)27-3/h8-10H,4-7,11H2,1-3H3,(H,22,23). The van der Waals surface area contributed by atoms with Gasteiger partial charge in [-0.1, -0.05) is 0 Å². The van der Waals surface area contributed by atoms with Gasteiger partial charge in [0.2, 0.25) is 0 Å². The number of nitrogens with one attached hydrogen (secondary N) is 1. The Hall–Kier alpha value is -3.07. The molecule has 3 rings (SSSR count). The third kappa shape index (κ3) is 4.56. The highest BCUT2D eigenvalue weighted by molar-refractivity contribution is 7.17. The predicted octanol–water partition coefficient (Wildman–Crippen LogP) is 3.23. The van der Waals surface area contributed by atoms with Gasteiger partial charge in [-0.2, -0.15) is 0 Å². The second-order valence-electron chi connectivity index (χ2n) is 6.48. The minimum absolute atomic E-state index is 0.225. The molecule has 1 aliphatic rings. The van der Waals surface area contributed by atoms with Crippen LogP contribution in [0.25, 0.3) is 0 Å². The highest BCUT2D eigenvalue weighted by Gasteiger charge is 2.28. The SMILES string of the molecule is CCOC(=O)c1c(NC(=O)COC(=O)c2ccc(OC)c(OC)c2)sc2c1CCC2. The molecule has 30 heavy (non-hydrogen) atoms. The third-order valence-electron chi connectivity index (χ3n) is 4.61. The molecular weight excluding hydrogens is 410 g/mol. The van der Waals surface area contributed by atoms with Crippen LogP contribution in [-0.4, -0.2) is 45.3 Å². The van der Waals surface area contributed by atoms with Crippen LogP contribution < -0.4 is 14.8 Å². The van der Waals surface area contributed by atoms with Crippen molar-refractivity contribution < 1.29 is 33.3 Å². The lowest BCUT2D eigenvalue weighted by Gasteiger charge is -2.10. The number of hydrogen-bond donors (Lipinski definition) is 1. The van der Waals surface area contributed by atoms with E-state index >= 15 is 0 Å². The average Bonchev–Trinajstić information content (AvgIpc) is 3.32. The summed E-state index contributed by atoms with van der Waals surface area (Å²) < 4.78 is 20.5. The summed E-state index contributed by atoms with van der Waals surface area (Å²) in [4.78, 5) is 38.1. The Morgan fingerprint density at radius 1 is 1.03 bits per heavy atom. The molecule has 1 heterocycles. The molecule has 1 aromatic carbocycles. The fourth-order valence-electron chi connectivity index (χ4n) is 3.25. The van der Waals surface area contributed by atoms with Crippen LogP contribution in [0.3, 0.4) is 0 Å². The molecule has 0 aliphatic heterocycles. The maximum absolute atomic E-state index is 12.4. The van der Waals surface area contributed by atoms with Crippen molar-refractivity contribution in [1.29, 1.82) is 0 Å². The Morgan fingerprint density at radius 3 is 2.50 bits per heavy atom. The van der Waals surface area contributed by atoms with Crippen molar-refractivity contribution >= 4 is 34.2 Å². The van der Waals surface area contributed by atoms with Crippen molar-refractivity contribution in [2.75, 3.05) is 32.8 Å². The number of aryl methyl sites for hydroxylation is 1. The van der Waals surface area contributed by atoms with Gasteiger partial charge in [0.25, 0.3) is 5.91 Å². The van der Waals surface area contributed by atoms with E-state index in [1.165, 1.54) is 37.7 Å². The Morgan fingerprint density at radius 2 is 1.80 bits per heavy atom. The molecule has 0 radical (unpaired) electrons. The van der Waals surface area contributed by atoms with Crippen LogP contribution in [0.15, 0.2) is 18.2 Å². The summed E-state index contributed by atoms with van der Waals surface area (Å²) in [5, 5.41) is 3.12. The molecule has 9 heteroatoms. The lowest BCUT2D eigenvalue weighted by Crippen LogP contribution is -2.22. The van der Waals surface area contributed by atoms with Crippen molar-refractivity contribution in [1.82, 2.24) is 0 Å². The molecular formula is C21H23NO7S. The van der Waals surface area contributed by atoms with Gasteiger partial charge >= 0.3 is 11.9 Å². The van der Waals surface area contributed by atoms with E-state index in [-0.39, 0.29) is 12.2 Å². The Kier molecular flexibility index (Phi) is 6.94. The van der Waals surface area contributed by atoms with Crippen LogP contribution in [0.4, 0.5) is 5.00 Å². The zero-order valence-electron chi connectivity index (χ0n) is 17.0. The molecule has 1 N–H and O–H groups in total. The maximum atomic E-state index is 12.4. The van der Waals surface area contributed by atoms with Crippen LogP contribution in [0.1, 0.15) is 44.5 Å². The Bertz CT molecular complexity index is 967. The molecule has 0 unspecified atom stereocenters. The van der Waals surface area contributed by atoms with Crippen molar-refractivity contribution in [2.45, 2.75) is 26.2 Å². The number of benzene rings is 1. The van der Waals surface area contributed by atoms with Gasteiger partial charge in [-0.05, 0) is 49.9 Å². The number of anilines is 1. The van der Waals surface area contributed by atoms with E-state index in [2.05, 4.69) is 5.32 Å². The van der Waals surface area contributed by atoms with E-state index < -0.39 is 24.5 Å². The van der Waals surface area contributed by atoms with E-state index in [9.17, 15) is 14.4 Å². The first-order valence-electron chi connectivity index (χ1n) is 9.49. The van der Waals surface area contributed by atoms with Crippen molar-refractivity contribution in [3.05, 3.63) is 39.8 Å². The van der Waals surface area contributed by atoms with Crippen LogP contribution in [-0.2, 0) is 27.1 Å². The minimum atomic E-state index is -0.676. The second kappa shape index (κ2) is 9.62. The van der Waals surface area contributed by atoms with Gasteiger partial charge < -0.3 is 24.3 Å². The monoisotopic (exact) mass is 433 g/mol. The highest BCUT2D eigenvalue weighted by Crippen LogP contribution is 2.39. The van der Waals surface area contributed by atoms with Gasteiger partial charge in [-0.3, -0.25) is 4.79 Å². The number of hydrogen-bond acceptors (Lipinski definition) is 8. The number of carbonyl (C=O) groups excluding carboxylic acids is 3. The van der Waals surface area contributed by atoms with E-state index in [0.29, 0.717) is 22.1 Å². The van der Waals surface area contributed by atoms with Crippen molar-refractivity contribution in [3.63, 3.8) is 0 Å². The number of esters is 2. The number of thiophene rings is 1. The molecule has 1 amide bonds. The zero-order chi connectivity index (χ0) is 21.7.